The first-order chi connectivity index (χ1) is 5.78. The first-order valence-corrected chi connectivity index (χ1v) is 4.65. The Hall–Kier alpha value is -0.240. The van der Waals surface area contributed by atoms with E-state index < -0.39 is 0 Å². The van der Waals surface area contributed by atoms with Gasteiger partial charge in [-0.25, -0.2) is 0 Å². The first-order valence-electron chi connectivity index (χ1n) is 3.73. The standard InChI is InChI=1S/C9H8Cl2O/c10-5-9(6-12-9)7-3-1-2-4-8(7)11/h1-4H,5-6H2. The molecular formula is C9H8Cl2O. The molecular weight excluding hydrogens is 195 g/mol. The summed E-state index contributed by atoms with van der Waals surface area (Å²) in [6.45, 7) is 0.681. The number of hydrogen-bond acceptors (Lipinski definition) is 1. The first kappa shape index (κ1) is 8.36. The molecule has 0 spiro atoms. The maximum atomic E-state index is 5.99. The van der Waals surface area contributed by atoms with Crippen LogP contribution in [0.4, 0.5) is 0 Å². The fourth-order valence-corrected chi connectivity index (χ4v) is 1.83. The molecule has 1 aliphatic heterocycles. The van der Waals surface area contributed by atoms with Gasteiger partial charge >= 0.3 is 0 Å². The molecule has 1 fully saturated rings. The Morgan fingerprint density at radius 2 is 2.08 bits per heavy atom. The van der Waals surface area contributed by atoms with Gasteiger partial charge in [-0.1, -0.05) is 29.8 Å². The number of ether oxygens (including phenoxy) is 1. The minimum absolute atomic E-state index is 0.292. The van der Waals surface area contributed by atoms with E-state index in [-0.39, 0.29) is 5.60 Å². The third-order valence-corrected chi connectivity index (χ3v) is 2.83. The second kappa shape index (κ2) is 2.91. The van der Waals surface area contributed by atoms with Crippen molar-refractivity contribution in [2.45, 2.75) is 5.60 Å². The summed E-state index contributed by atoms with van der Waals surface area (Å²) >= 11 is 11.8. The third kappa shape index (κ3) is 1.22. The summed E-state index contributed by atoms with van der Waals surface area (Å²) in [6, 6.07) is 7.65. The molecule has 0 bridgehead atoms. The zero-order valence-corrected chi connectivity index (χ0v) is 7.90. The molecule has 3 heteroatoms. The molecule has 0 aromatic heterocycles. The molecule has 1 aromatic rings. The molecule has 0 amide bonds. The van der Waals surface area contributed by atoms with Gasteiger partial charge in [-0.3, -0.25) is 0 Å². The van der Waals surface area contributed by atoms with Gasteiger partial charge in [-0.2, -0.15) is 0 Å². The molecule has 64 valence electrons. The summed E-state index contributed by atoms with van der Waals surface area (Å²) in [7, 11) is 0. The molecule has 2 rings (SSSR count). The van der Waals surface area contributed by atoms with Crippen LogP contribution < -0.4 is 0 Å². The molecule has 0 radical (unpaired) electrons. The normalized spacial score (nSPS) is 27.2. The van der Waals surface area contributed by atoms with Crippen LogP contribution >= 0.6 is 23.2 Å². The molecule has 1 saturated heterocycles. The van der Waals surface area contributed by atoms with Crippen molar-refractivity contribution in [1.29, 1.82) is 0 Å². The molecule has 12 heavy (non-hydrogen) atoms. The van der Waals surface area contributed by atoms with Crippen molar-refractivity contribution in [3.63, 3.8) is 0 Å². The highest BCUT2D eigenvalue weighted by molar-refractivity contribution is 6.31. The van der Waals surface area contributed by atoms with E-state index in [4.69, 9.17) is 27.9 Å². The van der Waals surface area contributed by atoms with Gasteiger partial charge in [0.05, 0.1) is 12.5 Å². The highest BCUT2D eigenvalue weighted by Crippen LogP contribution is 2.42. The number of rotatable bonds is 2. The smallest absolute Gasteiger partial charge is 0.131 e. The van der Waals surface area contributed by atoms with Crippen LogP contribution in [0.15, 0.2) is 24.3 Å². The Bertz CT molecular complexity index is 294. The highest BCUT2D eigenvalue weighted by atomic mass is 35.5. The lowest BCUT2D eigenvalue weighted by molar-refractivity contribution is 0.333. The Morgan fingerprint density at radius 3 is 2.58 bits per heavy atom. The van der Waals surface area contributed by atoms with Gasteiger partial charge in [0.2, 0.25) is 0 Å². The number of epoxide rings is 1. The SMILES string of the molecule is ClCC1(c2ccccc2Cl)CO1. The van der Waals surface area contributed by atoms with Crippen molar-refractivity contribution in [2.24, 2.45) is 0 Å². The van der Waals surface area contributed by atoms with Crippen LogP contribution in [0.25, 0.3) is 0 Å². The van der Waals surface area contributed by atoms with E-state index in [9.17, 15) is 0 Å². The molecule has 1 aliphatic rings. The molecule has 0 N–H and O–H groups in total. The predicted octanol–water partition coefficient (Wildman–Crippen LogP) is 2.80. The fourth-order valence-electron chi connectivity index (χ4n) is 1.22. The third-order valence-electron chi connectivity index (χ3n) is 2.07. The van der Waals surface area contributed by atoms with Gasteiger partial charge in [-0.15, -0.1) is 11.6 Å². The Morgan fingerprint density at radius 1 is 1.42 bits per heavy atom. The van der Waals surface area contributed by atoms with E-state index in [1.165, 1.54) is 0 Å². The van der Waals surface area contributed by atoms with E-state index in [0.29, 0.717) is 12.5 Å². The van der Waals surface area contributed by atoms with Crippen molar-refractivity contribution < 1.29 is 4.74 Å². The van der Waals surface area contributed by atoms with Crippen molar-refractivity contribution >= 4 is 23.2 Å². The molecule has 0 saturated carbocycles. The molecule has 1 aromatic carbocycles. The summed E-state index contributed by atoms with van der Waals surface area (Å²) in [6.07, 6.45) is 0. The lowest BCUT2D eigenvalue weighted by Gasteiger charge is -2.09. The lowest BCUT2D eigenvalue weighted by Crippen LogP contribution is -2.10. The van der Waals surface area contributed by atoms with Crippen LogP contribution in [0.5, 0.6) is 0 Å². The van der Waals surface area contributed by atoms with Gasteiger partial charge < -0.3 is 4.74 Å². The number of alkyl halides is 1. The van der Waals surface area contributed by atoms with Crippen molar-refractivity contribution in [1.82, 2.24) is 0 Å². The Labute approximate surface area is 81.2 Å². The van der Waals surface area contributed by atoms with E-state index in [1.54, 1.807) is 0 Å². The van der Waals surface area contributed by atoms with Crippen molar-refractivity contribution in [3.05, 3.63) is 34.9 Å². The summed E-state index contributed by atoms with van der Waals surface area (Å²) in [4.78, 5) is 0. The van der Waals surface area contributed by atoms with Gasteiger partial charge in [-0.05, 0) is 6.07 Å². The molecule has 1 heterocycles. The Kier molecular flexibility index (Phi) is 2.03. The van der Waals surface area contributed by atoms with Gasteiger partial charge in [0.25, 0.3) is 0 Å². The van der Waals surface area contributed by atoms with E-state index in [1.807, 2.05) is 24.3 Å². The van der Waals surface area contributed by atoms with Crippen LogP contribution in [0, 0.1) is 0 Å². The minimum Gasteiger partial charge on any atom is -0.363 e. The predicted molar refractivity (Wildman–Crippen MR) is 49.8 cm³/mol. The van der Waals surface area contributed by atoms with Crippen molar-refractivity contribution in [3.8, 4) is 0 Å². The average Bonchev–Trinajstić information content (AvgIpc) is 2.86. The van der Waals surface area contributed by atoms with E-state index >= 15 is 0 Å². The minimum atomic E-state index is -0.292. The van der Waals surface area contributed by atoms with E-state index in [2.05, 4.69) is 0 Å². The maximum Gasteiger partial charge on any atom is 0.131 e. The van der Waals surface area contributed by atoms with Crippen LogP contribution in [0.1, 0.15) is 5.56 Å². The second-order valence-corrected chi connectivity index (χ2v) is 3.57. The molecule has 1 unspecified atom stereocenters. The zero-order chi connectivity index (χ0) is 8.60. The maximum absolute atomic E-state index is 5.99. The summed E-state index contributed by atoms with van der Waals surface area (Å²) in [5.41, 5.74) is 0.710. The van der Waals surface area contributed by atoms with Gasteiger partial charge in [0.1, 0.15) is 5.60 Å². The molecule has 1 nitrogen and oxygen atoms in total. The second-order valence-electron chi connectivity index (χ2n) is 2.90. The van der Waals surface area contributed by atoms with E-state index in [0.717, 1.165) is 10.6 Å². The summed E-state index contributed by atoms with van der Waals surface area (Å²) in [5.74, 6) is 0.469. The average molecular weight is 203 g/mol. The van der Waals surface area contributed by atoms with Gasteiger partial charge in [0, 0.05) is 10.6 Å². The number of hydrogen-bond donors (Lipinski definition) is 0. The number of halogens is 2. The van der Waals surface area contributed by atoms with Crippen LogP contribution in [0.3, 0.4) is 0 Å². The summed E-state index contributed by atoms with van der Waals surface area (Å²) in [5, 5.41) is 0.732. The lowest BCUT2D eigenvalue weighted by atomic mass is 10.0. The quantitative estimate of drug-likeness (QED) is 0.531. The van der Waals surface area contributed by atoms with Crippen molar-refractivity contribution in [2.75, 3.05) is 12.5 Å². The molecule has 0 aliphatic carbocycles. The molecule has 1 atom stereocenters. The fraction of sp³-hybridized carbons (Fsp3) is 0.333. The highest BCUT2D eigenvalue weighted by Gasteiger charge is 2.46. The van der Waals surface area contributed by atoms with Crippen LogP contribution in [0.2, 0.25) is 5.02 Å². The number of benzene rings is 1. The van der Waals surface area contributed by atoms with Gasteiger partial charge in [0.15, 0.2) is 0 Å². The topological polar surface area (TPSA) is 12.5 Å². The van der Waals surface area contributed by atoms with Crippen LogP contribution in [-0.4, -0.2) is 12.5 Å². The Balaban J connectivity index is 2.40. The zero-order valence-electron chi connectivity index (χ0n) is 6.39. The largest absolute Gasteiger partial charge is 0.363 e. The van der Waals surface area contributed by atoms with Crippen LogP contribution in [-0.2, 0) is 10.3 Å². The summed E-state index contributed by atoms with van der Waals surface area (Å²) < 4.78 is 5.30. The monoisotopic (exact) mass is 202 g/mol.